The third-order valence-corrected chi connectivity index (χ3v) is 3.72. The Morgan fingerprint density at radius 3 is 2.85 bits per heavy atom. The van der Waals surface area contributed by atoms with Crippen LogP contribution in [-0.2, 0) is 21.5 Å². The van der Waals surface area contributed by atoms with Gasteiger partial charge in [0.25, 0.3) is 0 Å². The smallest absolute Gasteiger partial charge is 0.323 e. The zero-order valence-electron chi connectivity index (χ0n) is 12.8. The van der Waals surface area contributed by atoms with Gasteiger partial charge in [-0.3, -0.25) is 9.69 Å². The van der Waals surface area contributed by atoms with Crippen LogP contribution < -0.4 is 0 Å². The Hall–Kier alpha value is -1.36. The van der Waals surface area contributed by atoms with Gasteiger partial charge in [0.1, 0.15) is 11.8 Å². The molecule has 0 amide bonds. The van der Waals surface area contributed by atoms with E-state index < -0.39 is 0 Å². The van der Waals surface area contributed by atoms with Gasteiger partial charge in [0, 0.05) is 5.41 Å². The molecule has 1 aromatic rings. The molecule has 0 aromatic carbocycles. The first-order chi connectivity index (χ1) is 9.41. The predicted octanol–water partition coefficient (Wildman–Crippen LogP) is 2.50. The van der Waals surface area contributed by atoms with Crippen molar-refractivity contribution in [1.82, 2.24) is 9.88 Å². The highest BCUT2D eigenvalue weighted by molar-refractivity contribution is 5.75. The van der Waals surface area contributed by atoms with Crippen LogP contribution in [-0.4, -0.2) is 35.5 Å². The lowest BCUT2D eigenvalue weighted by Crippen LogP contribution is -2.44. The van der Waals surface area contributed by atoms with Gasteiger partial charge in [-0.05, 0) is 19.4 Å². The Kier molecular flexibility index (Phi) is 4.48. The van der Waals surface area contributed by atoms with E-state index in [-0.39, 0.29) is 17.4 Å². The number of ether oxygens (including phenoxy) is 1. The second-order valence-corrected chi connectivity index (χ2v) is 6.37. The van der Waals surface area contributed by atoms with Crippen LogP contribution in [0.1, 0.15) is 51.7 Å². The molecule has 112 valence electrons. The molecule has 5 heteroatoms. The summed E-state index contributed by atoms with van der Waals surface area (Å²) in [6, 6.07) is -0.168. The van der Waals surface area contributed by atoms with E-state index in [4.69, 9.17) is 9.15 Å². The molecule has 1 atom stereocenters. The van der Waals surface area contributed by atoms with Crippen molar-refractivity contribution in [3.8, 4) is 0 Å². The average molecular weight is 280 g/mol. The summed E-state index contributed by atoms with van der Waals surface area (Å²) in [5.41, 5.74) is -0.0467. The standard InChI is InChI=1S/C15H24N2O3/c1-15(2,3)12-9-16-13(20-12)10-17-8-6-5-7-11(17)14(18)19-4/h9,11H,5-8,10H2,1-4H3. The highest BCUT2D eigenvalue weighted by Crippen LogP contribution is 2.25. The monoisotopic (exact) mass is 280 g/mol. The van der Waals surface area contributed by atoms with E-state index in [0.29, 0.717) is 12.4 Å². The average Bonchev–Trinajstić information content (AvgIpc) is 2.87. The maximum Gasteiger partial charge on any atom is 0.323 e. The van der Waals surface area contributed by atoms with Gasteiger partial charge in [0.15, 0.2) is 0 Å². The lowest BCUT2D eigenvalue weighted by Gasteiger charge is -2.32. The van der Waals surface area contributed by atoms with Crippen molar-refractivity contribution in [2.45, 2.75) is 58.0 Å². The van der Waals surface area contributed by atoms with E-state index in [1.165, 1.54) is 7.11 Å². The molecule has 0 bridgehead atoms. The van der Waals surface area contributed by atoms with Gasteiger partial charge in [0.05, 0.1) is 19.9 Å². The van der Waals surface area contributed by atoms with Gasteiger partial charge < -0.3 is 9.15 Å². The molecule has 0 radical (unpaired) electrons. The Morgan fingerprint density at radius 2 is 2.25 bits per heavy atom. The Morgan fingerprint density at radius 1 is 1.50 bits per heavy atom. The highest BCUT2D eigenvalue weighted by atomic mass is 16.5. The summed E-state index contributed by atoms with van der Waals surface area (Å²) in [7, 11) is 1.44. The normalized spacial score (nSPS) is 20.9. The van der Waals surface area contributed by atoms with Crippen molar-refractivity contribution in [2.75, 3.05) is 13.7 Å². The molecule has 0 saturated carbocycles. The number of methoxy groups -OCH3 is 1. The first kappa shape index (κ1) is 15.0. The van der Waals surface area contributed by atoms with Gasteiger partial charge in [-0.2, -0.15) is 0 Å². The van der Waals surface area contributed by atoms with Crippen LogP contribution in [0.2, 0.25) is 0 Å². The first-order valence-electron chi connectivity index (χ1n) is 7.19. The minimum absolute atomic E-state index is 0.0467. The number of carbonyl (C=O) groups is 1. The fraction of sp³-hybridized carbons (Fsp3) is 0.733. The number of aromatic nitrogens is 1. The molecule has 1 fully saturated rings. The molecule has 1 aliphatic heterocycles. The fourth-order valence-electron chi connectivity index (χ4n) is 2.49. The van der Waals surface area contributed by atoms with Crippen molar-refractivity contribution in [2.24, 2.45) is 0 Å². The van der Waals surface area contributed by atoms with Gasteiger partial charge in [-0.1, -0.05) is 27.2 Å². The van der Waals surface area contributed by atoms with Crippen molar-refractivity contribution >= 4 is 5.97 Å². The Bertz CT molecular complexity index is 462. The molecular formula is C15H24N2O3. The van der Waals surface area contributed by atoms with E-state index in [0.717, 1.165) is 31.6 Å². The Labute approximate surface area is 120 Å². The lowest BCUT2D eigenvalue weighted by atomic mass is 9.94. The van der Waals surface area contributed by atoms with Crippen molar-refractivity contribution in [3.05, 3.63) is 17.8 Å². The maximum absolute atomic E-state index is 11.8. The quantitative estimate of drug-likeness (QED) is 0.796. The van der Waals surface area contributed by atoms with Crippen LogP contribution in [0.25, 0.3) is 0 Å². The number of hydrogen-bond donors (Lipinski definition) is 0. The van der Waals surface area contributed by atoms with E-state index in [9.17, 15) is 4.79 Å². The van der Waals surface area contributed by atoms with Crippen molar-refractivity contribution < 1.29 is 13.9 Å². The predicted molar refractivity (Wildman–Crippen MR) is 75.3 cm³/mol. The first-order valence-corrected chi connectivity index (χ1v) is 7.19. The molecule has 0 N–H and O–H groups in total. The van der Waals surface area contributed by atoms with Crippen LogP contribution >= 0.6 is 0 Å². The van der Waals surface area contributed by atoms with Crippen molar-refractivity contribution in [3.63, 3.8) is 0 Å². The summed E-state index contributed by atoms with van der Waals surface area (Å²) in [6.07, 6.45) is 4.79. The number of piperidine rings is 1. The lowest BCUT2D eigenvalue weighted by molar-refractivity contribution is -0.148. The zero-order chi connectivity index (χ0) is 14.8. The summed E-state index contributed by atoms with van der Waals surface area (Å²) in [5.74, 6) is 1.39. The molecule has 0 aliphatic carbocycles. The molecule has 0 spiro atoms. The zero-order valence-corrected chi connectivity index (χ0v) is 12.8. The van der Waals surface area contributed by atoms with Crippen LogP contribution in [0.5, 0.6) is 0 Å². The van der Waals surface area contributed by atoms with Gasteiger partial charge in [0.2, 0.25) is 5.89 Å². The van der Waals surface area contributed by atoms with Crippen LogP contribution in [0.3, 0.4) is 0 Å². The third-order valence-electron chi connectivity index (χ3n) is 3.72. The number of oxazole rings is 1. The molecule has 2 rings (SSSR count). The summed E-state index contributed by atoms with van der Waals surface area (Å²) < 4.78 is 10.7. The largest absolute Gasteiger partial charge is 0.468 e. The summed E-state index contributed by atoms with van der Waals surface area (Å²) in [6.45, 7) is 7.73. The second kappa shape index (κ2) is 5.95. The second-order valence-electron chi connectivity index (χ2n) is 6.37. The molecule has 1 aromatic heterocycles. The van der Waals surface area contributed by atoms with E-state index in [2.05, 4.69) is 30.7 Å². The molecule has 1 aliphatic rings. The number of esters is 1. The summed E-state index contributed by atoms with van der Waals surface area (Å²) in [4.78, 5) is 18.3. The van der Waals surface area contributed by atoms with Gasteiger partial charge >= 0.3 is 5.97 Å². The number of likely N-dealkylation sites (tertiary alicyclic amines) is 1. The maximum atomic E-state index is 11.8. The Balaban J connectivity index is 2.07. The van der Waals surface area contributed by atoms with Crippen molar-refractivity contribution in [1.29, 1.82) is 0 Å². The highest BCUT2D eigenvalue weighted by Gasteiger charge is 2.30. The van der Waals surface area contributed by atoms with E-state index in [1.54, 1.807) is 6.20 Å². The van der Waals surface area contributed by atoms with Crippen LogP contribution in [0.15, 0.2) is 10.6 Å². The molecule has 2 heterocycles. The minimum atomic E-state index is -0.168. The molecule has 1 unspecified atom stereocenters. The molecule has 20 heavy (non-hydrogen) atoms. The SMILES string of the molecule is COC(=O)C1CCCCN1Cc1ncc(C(C)(C)C)o1. The molecule has 1 saturated heterocycles. The van der Waals surface area contributed by atoms with Crippen LogP contribution in [0, 0.1) is 0 Å². The van der Waals surface area contributed by atoms with E-state index >= 15 is 0 Å². The fourth-order valence-corrected chi connectivity index (χ4v) is 2.49. The number of carbonyl (C=O) groups excluding carboxylic acids is 1. The summed E-state index contributed by atoms with van der Waals surface area (Å²) in [5, 5.41) is 0. The van der Waals surface area contributed by atoms with E-state index in [1.807, 2.05) is 0 Å². The number of nitrogens with zero attached hydrogens (tertiary/aromatic N) is 2. The third kappa shape index (κ3) is 3.39. The summed E-state index contributed by atoms with van der Waals surface area (Å²) >= 11 is 0. The topological polar surface area (TPSA) is 55.6 Å². The minimum Gasteiger partial charge on any atom is -0.468 e. The number of rotatable bonds is 3. The van der Waals surface area contributed by atoms with Gasteiger partial charge in [-0.25, -0.2) is 4.98 Å². The molecular weight excluding hydrogens is 256 g/mol. The van der Waals surface area contributed by atoms with Crippen LogP contribution in [0.4, 0.5) is 0 Å². The molecule has 5 nitrogen and oxygen atoms in total. The van der Waals surface area contributed by atoms with Gasteiger partial charge in [-0.15, -0.1) is 0 Å². The number of hydrogen-bond acceptors (Lipinski definition) is 5.